The molecular formula is C15H17N5O8S. The number of nitrogen functional groups attached to an aromatic ring is 1. The summed E-state index contributed by atoms with van der Waals surface area (Å²) in [4.78, 5) is 62.4. The van der Waals surface area contributed by atoms with E-state index in [9.17, 15) is 24.3 Å². The average Bonchev–Trinajstić information content (AvgIpc) is 3.36. The number of carbonyl (C=O) groups excluding carboxylic acids is 3. The van der Waals surface area contributed by atoms with Crippen LogP contribution in [0.1, 0.15) is 25.5 Å². The Labute approximate surface area is 167 Å². The molecule has 0 aromatic carbocycles. The van der Waals surface area contributed by atoms with Gasteiger partial charge in [-0.2, -0.15) is 5.06 Å². The molecular weight excluding hydrogens is 410 g/mol. The van der Waals surface area contributed by atoms with Gasteiger partial charge < -0.3 is 25.7 Å². The maximum absolute atomic E-state index is 12.6. The number of anilines is 1. The molecule has 4 N–H and O–H groups in total. The van der Waals surface area contributed by atoms with Crippen molar-refractivity contribution in [2.45, 2.75) is 31.5 Å². The Morgan fingerprint density at radius 2 is 2.31 bits per heavy atom. The fourth-order valence-corrected chi connectivity index (χ4v) is 3.26. The number of esters is 1. The molecule has 0 bridgehead atoms. The molecule has 13 nitrogen and oxygen atoms in total. The van der Waals surface area contributed by atoms with Crippen LogP contribution >= 0.6 is 11.3 Å². The van der Waals surface area contributed by atoms with E-state index in [1.54, 1.807) is 6.92 Å². The number of hydrogen-bond acceptors (Lipinski definition) is 11. The number of nitrogens with two attached hydrogens (primary N) is 1. The number of aromatic nitrogens is 1. The molecule has 1 aromatic heterocycles. The van der Waals surface area contributed by atoms with Gasteiger partial charge in [-0.05, 0) is 6.92 Å². The smallest absolute Gasteiger partial charge is 0.372 e. The summed E-state index contributed by atoms with van der Waals surface area (Å²) in [7, 11) is 0. The third-order valence-electron chi connectivity index (χ3n) is 4.05. The van der Waals surface area contributed by atoms with Gasteiger partial charge in [0.15, 0.2) is 10.8 Å². The van der Waals surface area contributed by atoms with Crippen LogP contribution in [0.5, 0.6) is 0 Å². The molecule has 2 saturated heterocycles. The molecule has 3 rings (SSSR count). The van der Waals surface area contributed by atoms with E-state index < -0.39 is 35.5 Å². The minimum atomic E-state index is -2.26. The van der Waals surface area contributed by atoms with Crippen molar-refractivity contribution in [3.63, 3.8) is 0 Å². The number of hydrogen-bond donors (Lipinski definition) is 3. The van der Waals surface area contributed by atoms with E-state index in [0.717, 1.165) is 11.3 Å². The van der Waals surface area contributed by atoms with Gasteiger partial charge in [0.05, 0.1) is 6.42 Å². The van der Waals surface area contributed by atoms with Gasteiger partial charge in [0.1, 0.15) is 24.9 Å². The fourth-order valence-electron chi connectivity index (χ4n) is 2.71. The number of hydroxylamine groups is 2. The summed E-state index contributed by atoms with van der Waals surface area (Å²) in [6.45, 7) is 1.48. The van der Waals surface area contributed by atoms with Gasteiger partial charge in [0.2, 0.25) is 0 Å². The Morgan fingerprint density at radius 3 is 2.86 bits per heavy atom. The molecule has 2 aliphatic rings. The van der Waals surface area contributed by atoms with Crippen LogP contribution in [0.4, 0.5) is 5.13 Å². The van der Waals surface area contributed by atoms with Crippen LogP contribution in [0.2, 0.25) is 0 Å². The van der Waals surface area contributed by atoms with E-state index in [0.29, 0.717) is 5.06 Å². The lowest BCUT2D eigenvalue weighted by molar-refractivity contribution is -0.256. The molecule has 3 heterocycles. The maximum Gasteiger partial charge on any atom is 0.372 e. The first-order valence-corrected chi connectivity index (χ1v) is 9.31. The zero-order chi connectivity index (χ0) is 21.2. The highest BCUT2D eigenvalue weighted by molar-refractivity contribution is 7.13. The van der Waals surface area contributed by atoms with Gasteiger partial charge in [-0.1, -0.05) is 5.16 Å². The summed E-state index contributed by atoms with van der Waals surface area (Å²) < 4.78 is 4.85. The van der Waals surface area contributed by atoms with Crippen molar-refractivity contribution in [3.05, 3.63) is 11.1 Å². The zero-order valence-electron chi connectivity index (χ0n) is 15.1. The molecule has 1 aromatic rings. The van der Waals surface area contributed by atoms with E-state index in [-0.39, 0.29) is 42.6 Å². The number of cyclic esters (lactones) is 1. The SMILES string of the molecule is CCON=C(C(=O)N[C@H]1CON(C2(C(=O)O)CCC(=O)O2)C1=O)c1csc(N)n1. The lowest BCUT2D eigenvalue weighted by Gasteiger charge is -2.30. The number of aliphatic carboxylic acids is 1. The Morgan fingerprint density at radius 1 is 1.55 bits per heavy atom. The summed E-state index contributed by atoms with van der Waals surface area (Å²) in [5.74, 6) is -4.02. The van der Waals surface area contributed by atoms with Crippen molar-refractivity contribution in [2.24, 2.45) is 5.16 Å². The number of thiazole rings is 1. The standard InChI is InChI=1S/C15H17N5O8S/c1-2-26-19-10(8-6-29-14(16)18-8)11(22)17-7-5-27-20(12(7)23)15(13(24)25)4-3-9(21)28-15/h6-7H,2-5H2,1H3,(H2,16,18)(H,17,22)(H,24,25)/t7-,15?/m0/s1. The minimum Gasteiger partial charge on any atom is -0.477 e. The first-order valence-electron chi connectivity index (χ1n) is 8.43. The second-order valence-corrected chi connectivity index (χ2v) is 6.84. The topological polar surface area (TPSA) is 183 Å². The zero-order valence-corrected chi connectivity index (χ0v) is 15.9. The Hall–Kier alpha value is -3.26. The van der Waals surface area contributed by atoms with Crippen molar-refractivity contribution in [1.82, 2.24) is 15.4 Å². The number of amides is 2. The molecule has 0 radical (unpaired) electrons. The summed E-state index contributed by atoms with van der Waals surface area (Å²) in [6.07, 6.45) is -0.463. The summed E-state index contributed by atoms with van der Waals surface area (Å²) in [6, 6.07) is -1.24. The number of nitrogens with zero attached hydrogens (tertiary/aromatic N) is 3. The molecule has 156 valence electrons. The predicted octanol–water partition coefficient (Wildman–Crippen LogP) is -1.16. The maximum atomic E-state index is 12.6. The Bertz CT molecular complexity index is 886. The highest BCUT2D eigenvalue weighted by Gasteiger charge is 2.59. The number of carboxylic acids is 1. The molecule has 1 unspecified atom stereocenters. The van der Waals surface area contributed by atoms with Crippen molar-refractivity contribution in [3.8, 4) is 0 Å². The predicted molar refractivity (Wildman–Crippen MR) is 95.1 cm³/mol. The monoisotopic (exact) mass is 427 g/mol. The molecule has 0 saturated carbocycles. The first kappa shape index (κ1) is 20.5. The molecule has 2 aliphatic heterocycles. The molecule has 2 atom stereocenters. The fraction of sp³-hybridized carbons (Fsp3) is 0.467. The lowest BCUT2D eigenvalue weighted by atomic mass is 10.1. The third kappa shape index (κ3) is 3.84. The van der Waals surface area contributed by atoms with Crippen molar-refractivity contribution < 1.29 is 38.7 Å². The summed E-state index contributed by atoms with van der Waals surface area (Å²) in [5, 5.41) is 17.7. The molecule has 0 spiro atoms. The number of carboxylic acid groups (broad SMARTS) is 1. The van der Waals surface area contributed by atoms with Crippen LogP contribution < -0.4 is 11.1 Å². The van der Waals surface area contributed by atoms with Crippen LogP contribution in [-0.2, 0) is 33.6 Å². The van der Waals surface area contributed by atoms with Crippen LogP contribution in [0.3, 0.4) is 0 Å². The number of nitrogens with one attached hydrogen (secondary N) is 1. The highest BCUT2D eigenvalue weighted by atomic mass is 32.1. The van der Waals surface area contributed by atoms with Gasteiger partial charge in [0.25, 0.3) is 11.8 Å². The first-order chi connectivity index (χ1) is 13.8. The Balaban J connectivity index is 1.76. The Kier molecular flexibility index (Phi) is 5.65. The number of oxime groups is 1. The van der Waals surface area contributed by atoms with E-state index >= 15 is 0 Å². The van der Waals surface area contributed by atoms with E-state index in [2.05, 4.69) is 15.5 Å². The van der Waals surface area contributed by atoms with E-state index in [1.807, 2.05) is 0 Å². The largest absolute Gasteiger partial charge is 0.477 e. The minimum absolute atomic E-state index is 0.147. The second-order valence-electron chi connectivity index (χ2n) is 5.95. The van der Waals surface area contributed by atoms with Gasteiger partial charge in [-0.25, -0.2) is 9.78 Å². The molecule has 2 amide bonds. The molecule has 0 aliphatic carbocycles. The third-order valence-corrected chi connectivity index (χ3v) is 4.73. The van der Waals surface area contributed by atoms with Crippen molar-refractivity contribution in [1.29, 1.82) is 0 Å². The van der Waals surface area contributed by atoms with Crippen molar-refractivity contribution in [2.75, 3.05) is 18.9 Å². The van der Waals surface area contributed by atoms with Gasteiger partial charge in [-0.3, -0.25) is 19.2 Å². The number of carbonyl (C=O) groups is 4. The highest BCUT2D eigenvalue weighted by Crippen LogP contribution is 2.34. The van der Waals surface area contributed by atoms with Crippen LogP contribution in [0.15, 0.2) is 10.5 Å². The average molecular weight is 427 g/mol. The van der Waals surface area contributed by atoms with Crippen LogP contribution in [0, 0.1) is 0 Å². The van der Waals surface area contributed by atoms with Gasteiger partial charge in [0, 0.05) is 11.8 Å². The molecule has 14 heteroatoms. The second kappa shape index (κ2) is 8.00. The molecule has 29 heavy (non-hydrogen) atoms. The lowest BCUT2D eigenvalue weighted by Crippen LogP contribution is -2.57. The van der Waals surface area contributed by atoms with Gasteiger partial charge >= 0.3 is 17.7 Å². The van der Waals surface area contributed by atoms with E-state index in [4.69, 9.17) is 20.1 Å². The molecule has 2 fully saturated rings. The van der Waals surface area contributed by atoms with E-state index in [1.165, 1.54) is 5.38 Å². The van der Waals surface area contributed by atoms with Crippen LogP contribution in [0.25, 0.3) is 0 Å². The summed E-state index contributed by atoms with van der Waals surface area (Å²) in [5.41, 5.74) is 3.24. The van der Waals surface area contributed by atoms with Crippen molar-refractivity contribution >= 4 is 45.9 Å². The quantitative estimate of drug-likeness (QED) is 0.273. The normalized spacial score (nSPS) is 24.5. The van der Waals surface area contributed by atoms with Gasteiger partial charge in [-0.15, -0.1) is 11.3 Å². The number of rotatable bonds is 7. The summed E-state index contributed by atoms with van der Waals surface area (Å²) >= 11 is 1.08. The number of ether oxygens (including phenoxy) is 1. The van der Waals surface area contributed by atoms with Crippen LogP contribution in [-0.4, -0.2) is 69.6 Å².